The number of allylic oxidation sites excluding steroid dienone is 9. The van der Waals surface area contributed by atoms with Crippen LogP contribution >= 0.6 is 0 Å². The second-order valence-electron chi connectivity index (χ2n) is 26.0. The van der Waals surface area contributed by atoms with E-state index in [4.69, 9.17) is 14.2 Å². The summed E-state index contributed by atoms with van der Waals surface area (Å²) in [7, 11) is 0. The molecule has 11 nitrogen and oxygen atoms in total. The fourth-order valence-electron chi connectivity index (χ4n) is 11.7. The number of hydrogen-bond donors (Lipinski definition) is 6. The Morgan fingerprint density at radius 1 is 0.443 bits per heavy atom. The van der Waals surface area contributed by atoms with E-state index >= 15 is 0 Å². The molecule has 1 fully saturated rings. The summed E-state index contributed by atoms with van der Waals surface area (Å²) < 4.78 is 17.7. The molecule has 1 aliphatic heterocycles. The summed E-state index contributed by atoms with van der Waals surface area (Å²) in [5.74, 6) is -1.19. The summed E-state index contributed by atoms with van der Waals surface area (Å²) in [6, 6.07) is -1.03. The molecule has 0 aromatic carbocycles. The van der Waals surface area contributed by atoms with Gasteiger partial charge in [0, 0.05) is 6.42 Å². The zero-order chi connectivity index (χ0) is 63.9. The number of carbonyl (C=O) groups excluding carboxylic acids is 2. The average Bonchev–Trinajstić information content (AvgIpc) is 2.54. The zero-order valence-electron chi connectivity index (χ0n) is 57.4. The fraction of sp³-hybridized carbons (Fsp3) is 0.844. The topological polar surface area (TPSA) is 175 Å². The third kappa shape index (κ3) is 50.9. The summed E-state index contributed by atoms with van der Waals surface area (Å²) >= 11 is 0. The molecule has 0 aliphatic carbocycles. The van der Waals surface area contributed by atoms with Crippen molar-refractivity contribution >= 4 is 11.9 Å². The van der Waals surface area contributed by atoms with Gasteiger partial charge in [-0.25, -0.2) is 0 Å². The third-order valence-corrected chi connectivity index (χ3v) is 17.6. The van der Waals surface area contributed by atoms with Gasteiger partial charge in [0.25, 0.3) is 0 Å². The molecule has 514 valence electrons. The molecular weight excluding hydrogens is 1100 g/mol. The molecule has 0 bridgehead atoms. The van der Waals surface area contributed by atoms with E-state index in [9.17, 15) is 35.1 Å². The first-order valence-corrected chi connectivity index (χ1v) is 37.6. The molecular formula is C77H141NO10. The Balaban J connectivity index is 2.54. The van der Waals surface area contributed by atoms with Crippen molar-refractivity contribution in [2.75, 3.05) is 13.2 Å². The predicted molar refractivity (Wildman–Crippen MR) is 370 cm³/mol. The highest BCUT2D eigenvalue weighted by Gasteiger charge is 2.47. The van der Waals surface area contributed by atoms with Crippen molar-refractivity contribution in [1.82, 2.24) is 5.32 Å². The van der Waals surface area contributed by atoms with Crippen molar-refractivity contribution in [2.24, 2.45) is 0 Å². The lowest BCUT2D eigenvalue weighted by Gasteiger charge is -2.41. The molecule has 1 rings (SSSR count). The van der Waals surface area contributed by atoms with Crippen LogP contribution in [0.3, 0.4) is 0 Å². The summed E-state index contributed by atoms with van der Waals surface area (Å²) in [6.07, 6.45) is 72.6. The van der Waals surface area contributed by atoms with Crippen LogP contribution in [0.2, 0.25) is 0 Å². The van der Waals surface area contributed by atoms with E-state index < -0.39 is 67.4 Å². The van der Waals surface area contributed by atoms with Gasteiger partial charge in [0.2, 0.25) is 5.91 Å². The standard InChI is InChI=1S/C77H141NO10/c1-4-7-10-13-16-19-22-25-27-29-31-33-35-37-38-40-42-44-46-49-52-55-58-61-64-70(81)76(85)78-68(69(80)63-60-57-54-51-48-24-21-18-15-12-9-6-3)67-86-77-75(74(84)73(83)71(66-79)87-77)88-72(82)65-62-59-56-53-50-47-45-43-41-39-36-34-32-30-28-26-23-20-17-14-11-8-5-2/h17,20,25-28,32,34,60,63,68-71,73-75,77,79-81,83-84H,4-16,18-19,21-24,29-31,33,35-59,61-62,64-67H2,1-3H3,(H,78,85)/b20-17-,27-25+,28-26-,34-32-,63-60+. The monoisotopic (exact) mass is 1240 g/mol. The summed E-state index contributed by atoms with van der Waals surface area (Å²) in [5.41, 5.74) is 0. The fourth-order valence-corrected chi connectivity index (χ4v) is 11.7. The first-order valence-electron chi connectivity index (χ1n) is 37.6. The van der Waals surface area contributed by atoms with Gasteiger partial charge >= 0.3 is 5.97 Å². The van der Waals surface area contributed by atoms with Crippen LogP contribution < -0.4 is 5.32 Å². The number of amides is 1. The molecule has 1 amide bonds. The first kappa shape index (κ1) is 83.4. The molecule has 8 unspecified atom stereocenters. The SMILES string of the molecule is CCCCC/C=C\C/C=C\C/C=C\CCCCCCCCCCCCC(=O)OC1C(OCC(NC(=O)C(O)CCCCCCCCCCCCCCCC/C=C/CCCCCCCC)C(O)/C=C/CCCCCCCCCCCC)OC(CO)C(O)C1O. The van der Waals surface area contributed by atoms with Gasteiger partial charge in [-0.1, -0.05) is 319 Å². The largest absolute Gasteiger partial charge is 0.454 e. The van der Waals surface area contributed by atoms with Crippen LogP contribution in [0.15, 0.2) is 60.8 Å². The van der Waals surface area contributed by atoms with Crippen LogP contribution in [0.1, 0.15) is 355 Å². The molecule has 8 atom stereocenters. The number of carbonyl (C=O) groups is 2. The number of hydrogen-bond acceptors (Lipinski definition) is 10. The van der Waals surface area contributed by atoms with Crippen LogP contribution in [0.25, 0.3) is 0 Å². The number of aliphatic hydroxyl groups excluding tert-OH is 5. The Hall–Kier alpha value is -2.64. The quantitative estimate of drug-likeness (QED) is 0.0195. The minimum absolute atomic E-state index is 0.119. The molecule has 0 aromatic heterocycles. The van der Waals surface area contributed by atoms with Gasteiger partial charge in [-0.2, -0.15) is 0 Å². The molecule has 6 N–H and O–H groups in total. The van der Waals surface area contributed by atoms with Gasteiger partial charge in [-0.05, 0) is 89.9 Å². The second kappa shape index (κ2) is 64.5. The van der Waals surface area contributed by atoms with Crippen LogP contribution in [0, 0.1) is 0 Å². The lowest BCUT2D eigenvalue weighted by Crippen LogP contribution is -2.61. The normalized spacial score (nSPS) is 18.5. The Kier molecular flexibility index (Phi) is 61.1. The van der Waals surface area contributed by atoms with Crippen molar-refractivity contribution in [3.05, 3.63) is 60.8 Å². The summed E-state index contributed by atoms with van der Waals surface area (Å²) in [4.78, 5) is 26.7. The van der Waals surface area contributed by atoms with Gasteiger partial charge in [-0.15, -0.1) is 0 Å². The van der Waals surface area contributed by atoms with E-state index in [1.165, 1.54) is 231 Å². The first-order chi connectivity index (χ1) is 43.2. The maximum atomic E-state index is 13.5. The maximum Gasteiger partial charge on any atom is 0.306 e. The number of esters is 1. The predicted octanol–water partition coefficient (Wildman–Crippen LogP) is 19.7. The van der Waals surface area contributed by atoms with Gasteiger partial charge in [0.05, 0.1) is 25.4 Å². The van der Waals surface area contributed by atoms with Crippen molar-refractivity contribution in [3.8, 4) is 0 Å². The van der Waals surface area contributed by atoms with Crippen molar-refractivity contribution in [2.45, 2.75) is 404 Å². The smallest absolute Gasteiger partial charge is 0.306 e. The van der Waals surface area contributed by atoms with Gasteiger partial charge < -0.3 is 45.1 Å². The second-order valence-corrected chi connectivity index (χ2v) is 26.0. The Labute approximate surface area is 541 Å². The minimum Gasteiger partial charge on any atom is -0.454 e. The third-order valence-electron chi connectivity index (χ3n) is 17.6. The highest BCUT2D eigenvalue weighted by atomic mass is 16.7. The van der Waals surface area contributed by atoms with Crippen LogP contribution in [0.4, 0.5) is 0 Å². The molecule has 0 aromatic rings. The molecule has 88 heavy (non-hydrogen) atoms. The molecule has 0 spiro atoms. The highest BCUT2D eigenvalue weighted by molar-refractivity contribution is 5.80. The lowest BCUT2D eigenvalue weighted by molar-refractivity contribution is -0.305. The number of unbranched alkanes of at least 4 members (excludes halogenated alkanes) is 43. The summed E-state index contributed by atoms with van der Waals surface area (Å²) in [5, 5.41) is 57.3. The lowest BCUT2D eigenvalue weighted by atomic mass is 9.99. The Bertz CT molecular complexity index is 1670. The zero-order valence-corrected chi connectivity index (χ0v) is 57.4. The van der Waals surface area contributed by atoms with E-state index in [-0.39, 0.29) is 13.0 Å². The van der Waals surface area contributed by atoms with Crippen molar-refractivity contribution in [3.63, 3.8) is 0 Å². The average molecular weight is 1240 g/mol. The summed E-state index contributed by atoms with van der Waals surface area (Å²) in [6.45, 7) is 5.81. The Morgan fingerprint density at radius 2 is 0.784 bits per heavy atom. The van der Waals surface area contributed by atoms with Crippen molar-refractivity contribution in [1.29, 1.82) is 0 Å². The number of nitrogens with one attached hydrogen (secondary N) is 1. The maximum absolute atomic E-state index is 13.5. The number of ether oxygens (including phenoxy) is 3. The number of aliphatic hydroxyl groups is 5. The van der Waals surface area contributed by atoms with Crippen LogP contribution in [-0.2, 0) is 23.8 Å². The molecule has 0 saturated carbocycles. The van der Waals surface area contributed by atoms with E-state index in [1.807, 2.05) is 6.08 Å². The van der Waals surface area contributed by atoms with Gasteiger partial charge in [0.15, 0.2) is 12.4 Å². The van der Waals surface area contributed by atoms with E-state index in [1.54, 1.807) is 6.08 Å². The Morgan fingerprint density at radius 3 is 1.20 bits per heavy atom. The molecule has 1 saturated heterocycles. The molecule has 11 heteroatoms. The van der Waals surface area contributed by atoms with Crippen molar-refractivity contribution < 1.29 is 49.3 Å². The molecule has 0 radical (unpaired) electrons. The van der Waals surface area contributed by atoms with Crippen LogP contribution in [-0.4, -0.2) is 99.6 Å². The van der Waals surface area contributed by atoms with E-state index in [0.717, 1.165) is 77.0 Å². The molecule has 1 aliphatic rings. The number of rotatable bonds is 65. The van der Waals surface area contributed by atoms with Crippen LogP contribution in [0.5, 0.6) is 0 Å². The van der Waals surface area contributed by atoms with E-state index in [2.05, 4.69) is 74.7 Å². The van der Waals surface area contributed by atoms with Gasteiger partial charge in [0.1, 0.15) is 24.4 Å². The highest BCUT2D eigenvalue weighted by Crippen LogP contribution is 2.26. The molecule has 1 heterocycles. The van der Waals surface area contributed by atoms with Gasteiger partial charge in [-0.3, -0.25) is 9.59 Å². The minimum atomic E-state index is -1.62. The van der Waals surface area contributed by atoms with E-state index in [0.29, 0.717) is 19.3 Å².